The van der Waals surface area contributed by atoms with Gasteiger partial charge in [-0.2, -0.15) is 0 Å². The molecule has 0 radical (unpaired) electrons. The number of carbonyl (C=O) groups excluding carboxylic acids is 1. The lowest BCUT2D eigenvalue weighted by atomic mass is 10.3. The molecule has 20 heavy (non-hydrogen) atoms. The van der Waals surface area contributed by atoms with Crippen molar-refractivity contribution < 1.29 is 9.90 Å². The molecule has 3 N–H and O–H groups in total. The van der Waals surface area contributed by atoms with Crippen LogP contribution in [0.4, 0.5) is 0 Å². The predicted octanol–water partition coefficient (Wildman–Crippen LogP) is -0.102. The smallest absolute Gasteiger partial charge is 0.292 e. The molecule has 0 spiro atoms. The summed E-state index contributed by atoms with van der Waals surface area (Å²) in [5, 5.41) is 11.2. The fraction of sp³-hybridized carbons (Fsp3) is 0.154. The number of nitrogens with zero attached hydrogens (tertiary/aromatic N) is 2. The van der Waals surface area contributed by atoms with Crippen LogP contribution < -0.4 is 10.9 Å². The molecule has 7 nitrogen and oxygen atoms in total. The number of aliphatic hydroxyl groups is 1. The molecule has 0 saturated carbocycles. The van der Waals surface area contributed by atoms with E-state index in [9.17, 15) is 9.59 Å². The number of hydrogen-bond donors (Lipinski definition) is 3. The molecule has 3 aromatic rings. The second-order valence-corrected chi connectivity index (χ2v) is 4.27. The Morgan fingerprint density at radius 3 is 3.00 bits per heavy atom. The number of H-pyrrole nitrogens is 1. The van der Waals surface area contributed by atoms with E-state index >= 15 is 0 Å². The predicted molar refractivity (Wildman–Crippen MR) is 72.7 cm³/mol. The number of fused-ring (bicyclic) bond motifs is 3. The highest BCUT2D eigenvalue weighted by Crippen LogP contribution is 2.12. The minimum Gasteiger partial charge on any atom is -0.395 e. The zero-order valence-corrected chi connectivity index (χ0v) is 10.5. The lowest BCUT2D eigenvalue weighted by molar-refractivity contribution is 0.0940. The van der Waals surface area contributed by atoms with Gasteiger partial charge in [-0.25, -0.2) is 4.98 Å². The number of aromatic nitrogens is 3. The van der Waals surface area contributed by atoms with Crippen LogP contribution >= 0.6 is 0 Å². The normalized spacial score (nSPS) is 11.1. The van der Waals surface area contributed by atoms with E-state index in [2.05, 4.69) is 15.3 Å². The van der Waals surface area contributed by atoms with Crippen LogP contribution in [0.1, 0.15) is 10.5 Å². The van der Waals surface area contributed by atoms with Gasteiger partial charge in [0.2, 0.25) is 5.65 Å². The lowest BCUT2D eigenvalue weighted by Crippen LogP contribution is -2.26. The first kappa shape index (κ1) is 12.4. The third-order valence-corrected chi connectivity index (χ3v) is 2.95. The first-order chi connectivity index (χ1) is 9.70. The number of amides is 1. The van der Waals surface area contributed by atoms with Gasteiger partial charge in [0.05, 0.1) is 17.6 Å². The summed E-state index contributed by atoms with van der Waals surface area (Å²) >= 11 is 0. The zero-order chi connectivity index (χ0) is 14.1. The van der Waals surface area contributed by atoms with Crippen molar-refractivity contribution in [1.29, 1.82) is 0 Å². The summed E-state index contributed by atoms with van der Waals surface area (Å²) in [6.07, 6.45) is 1.51. The molecule has 3 rings (SSSR count). The molecule has 1 aromatic carbocycles. The number of para-hydroxylation sites is 2. The van der Waals surface area contributed by atoms with E-state index in [1.807, 2.05) is 18.2 Å². The minimum absolute atomic E-state index is 0.139. The van der Waals surface area contributed by atoms with Gasteiger partial charge >= 0.3 is 0 Å². The Hall–Kier alpha value is -2.67. The molecule has 102 valence electrons. The zero-order valence-electron chi connectivity index (χ0n) is 10.5. The molecule has 2 aromatic heterocycles. The minimum atomic E-state index is -0.425. The van der Waals surface area contributed by atoms with Crippen molar-refractivity contribution in [3.8, 4) is 0 Å². The first-order valence-corrected chi connectivity index (χ1v) is 6.10. The van der Waals surface area contributed by atoms with Gasteiger partial charge in [-0.1, -0.05) is 12.1 Å². The van der Waals surface area contributed by atoms with Gasteiger partial charge in [0.15, 0.2) is 0 Å². The van der Waals surface area contributed by atoms with Gasteiger partial charge < -0.3 is 15.4 Å². The van der Waals surface area contributed by atoms with Crippen LogP contribution in [0.3, 0.4) is 0 Å². The fourth-order valence-electron chi connectivity index (χ4n) is 2.06. The Balaban J connectivity index is 2.19. The van der Waals surface area contributed by atoms with Gasteiger partial charge in [0, 0.05) is 12.7 Å². The van der Waals surface area contributed by atoms with Gasteiger partial charge in [0.25, 0.3) is 11.5 Å². The van der Waals surface area contributed by atoms with Crippen molar-refractivity contribution in [1.82, 2.24) is 19.7 Å². The largest absolute Gasteiger partial charge is 0.395 e. The second kappa shape index (κ2) is 4.78. The highest BCUT2D eigenvalue weighted by Gasteiger charge is 2.13. The van der Waals surface area contributed by atoms with E-state index in [1.54, 1.807) is 10.5 Å². The van der Waals surface area contributed by atoms with Gasteiger partial charge in [-0.05, 0) is 12.1 Å². The monoisotopic (exact) mass is 272 g/mol. The summed E-state index contributed by atoms with van der Waals surface area (Å²) in [5.41, 5.74) is 1.38. The number of benzene rings is 1. The molecule has 0 aliphatic carbocycles. The number of hydrogen-bond acceptors (Lipinski definition) is 4. The van der Waals surface area contributed by atoms with E-state index < -0.39 is 5.91 Å². The summed E-state index contributed by atoms with van der Waals surface area (Å²) in [7, 11) is 0. The van der Waals surface area contributed by atoms with E-state index in [-0.39, 0.29) is 30.1 Å². The van der Waals surface area contributed by atoms with E-state index in [0.29, 0.717) is 5.52 Å². The maximum Gasteiger partial charge on any atom is 0.292 e. The van der Waals surface area contributed by atoms with E-state index in [4.69, 9.17) is 5.11 Å². The number of imidazole rings is 1. The average molecular weight is 272 g/mol. The molecular formula is C13H12N4O3. The fourth-order valence-corrected chi connectivity index (χ4v) is 2.06. The van der Waals surface area contributed by atoms with Crippen molar-refractivity contribution in [2.75, 3.05) is 13.2 Å². The van der Waals surface area contributed by atoms with Crippen LogP contribution in [0, 0.1) is 0 Å². The molecule has 7 heteroatoms. The number of nitrogens with one attached hydrogen (secondary N) is 2. The Morgan fingerprint density at radius 1 is 1.40 bits per heavy atom. The van der Waals surface area contributed by atoms with E-state index in [0.717, 1.165) is 5.52 Å². The Bertz CT molecular complexity index is 850. The summed E-state index contributed by atoms with van der Waals surface area (Å²) in [6, 6.07) is 7.26. The summed E-state index contributed by atoms with van der Waals surface area (Å²) in [6.45, 7) is -0.00750. The highest BCUT2D eigenvalue weighted by molar-refractivity contribution is 5.93. The van der Waals surface area contributed by atoms with Gasteiger partial charge in [-0.3, -0.25) is 14.0 Å². The Kier molecular flexibility index (Phi) is 2.96. The van der Waals surface area contributed by atoms with Crippen LogP contribution in [0.5, 0.6) is 0 Å². The van der Waals surface area contributed by atoms with Crippen molar-refractivity contribution in [3.63, 3.8) is 0 Å². The second-order valence-electron chi connectivity index (χ2n) is 4.27. The summed E-state index contributed by atoms with van der Waals surface area (Å²) in [4.78, 5) is 30.5. The van der Waals surface area contributed by atoms with E-state index in [1.165, 1.54) is 6.20 Å². The van der Waals surface area contributed by atoms with Crippen LogP contribution in [0.15, 0.2) is 35.3 Å². The van der Waals surface area contributed by atoms with Crippen molar-refractivity contribution in [3.05, 3.63) is 46.5 Å². The Morgan fingerprint density at radius 2 is 2.20 bits per heavy atom. The molecule has 1 amide bonds. The molecule has 0 unspecified atom stereocenters. The van der Waals surface area contributed by atoms with Crippen LogP contribution in [-0.2, 0) is 0 Å². The summed E-state index contributed by atoms with van der Waals surface area (Å²) < 4.78 is 1.59. The highest BCUT2D eigenvalue weighted by atomic mass is 16.3. The number of carbonyl (C=O) groups is 1. The molecule has 0 aliphatic rings. The van der Waals surface area contributed by atoms with Crippen LogP contribution in [0.2, 0.25) is 0 Å². The molecule has 0 atom stereocenters. The standard InChI is InChI=1S/C13H12N4O3/c18-6-5-14-12(19)9-7-17-10-4-2-1-3-8(10)16-13(20)11(17)15-9/h1-4,7,18H,5-6H2,(H,14,19)(H,16,20). The quantitative estimate of drug-likeness (QED) is 0.620. The number of rotatable bonds is 3. The van der Waals surface area contributed by atoms with Gasteiger partial charge in [-0.15, -0.1) is 0 Å². The third-order valence-electron chi connectivity index (χ3n) is 2.95. The molecule has 2 heterocycles. The SMILES string of the molecule is O=C(NCCO)c1cn2c(n1)c(=O)[nH]c1ccccc12. The maximum atomic E-state index is 11.9. The van der Waals surface area contributed by atoms with Crippen molar-refractivity contribution in [2.24, 2.45) is 0 Å². The van der Waals surface area contributed by atoms with Gasteiger partial charge in [0.1, 0.15) is 5.69 Å². The molecule has 0 fully saturated rings. The first-order valence-electron chi connectivity index (χ1n) is 6.10. The molecule has 0 aliphatic heterocycles. The topological polar surface area (TPSA) is 99.5 Å². The Labute approximate surface area is 112 Å². The molecule has 0 saturated heterocycles. The average Bonchev–Trinajstić information content (AvgIpc) is 2.91. The van der Waals surface area contributed by atoms with Crippen LogP contribution in [0.25, 0.3) is 16.7 Å². The lowest BCUT2D eigenvalue weighted by Gasteiger charge is -2.00. The van der Waals surface area contributed by atoms with Crippen LogP contribution in [-0.4, -0.2) is 38.5 Å². The molecular weight excluding hydrogens is 260 g/mol. The van der Waals surface area contributed by atoms with Crippen molar-refractivity contribution in [2.45, 2.75) is 0 Å². The number of aromatic amines is 1. The van der Waals surface area contributed by atoms with Crippen molar-refractivity contribution >= 4 is 22.6 Å². The number of aliphatic hydroxyl groups excluding tert-OH is 1. The maximum absolute atomic E-state index is 11.9. The third kappa shape index (κ3) is 1.94. The molecule has 0 bridgehead atoms. The summed E-state index contributed by atoms with van der Waals surface area (Å²) in [5.74, 6) is -0.425.